The predicted octanol–water partition coefficient (Wildman–Crippen LogP) is 0.385. The summed E-state index contributed by atoms with van der Waals surface area (Å²) in [4.78, 5) is 15.0. The number of anilines is 1. The fourth-order valence-corrected chi connectivity index (χ4v) is 1.37. The predicted molar refractivity (Wildman–Crippen MR) is 55.5 cm³/mol. The van der Waals surface area contributed by atoms with Gasteiger partial charge in [-0.1, -0.05) is 18.2 Å². The van der Waals surface area contributed by atoms with E-state index in [1.54, 1.807) is 6.21 Å². The topological polar surface area (TPSA) is 67.5 Å². The molecule has 2 rings (SSSR count). The molecule has 1 amide bonds. The minimum Gasteiger partial charge on any atom is -0.382 e. The average molecular weight is 189 g/mol. The van der Waals surface area contributed by atoms with Gasteiger partial charge in [0.1, 0.15) is 6.04 Å². The van der Waals surface area contributed by atoms with Crippen LogP contribution in [0.1, 0.15) is 5.56 Å². The van der Waals surface area contributed by atoms with Gasteiger partial charge in [0.2, 0.25) is 5.91 Å². The van der Waals surface area contributed by atoms with Crippen LogP contribution < -0.4 is 11.1 Å². The van der Waals surface area contributed by atoms with E-state index in [1.165, 1.54) is 0 Å². The molecule has 3 N–H and O–H groups in total. The Hall–Kier alpha value is -1.84. The maximum atomic E-state index is 10.9. The number of para-hydroxylation sites is 1. The van der Waals surface area contributed by atoms with E-state index < -0.39 is 11.9 Å². The lowest BCUT2D eigenvalue weighted by Crippen LogP contribution is -2.32. The van der Waals surface area contributed by atoms with Gasteiger partial charge >= 0.3 is 0 Å². The Morgan fingerprint density at radius 2 is 2.29 bits per heavy atom. The molecule has 4 heteroatoms. The highest BCUT2D eigenvalue weighted by Crippen LogP contribution is 2.15. The molecule has 1 heterocycles. The lowest BCUT2D eigenvalue weighted by atomic mass is 10.2. The summed E-state index contributed by atoms with van der Waals surface area (Å²) in [7, 11) is 0. The van der Waals surface area contributed by atoms with Crippen LogP contribution in [0, 0.1) is 0 Å². The number of primary amides is 1. The molecule has 0 saturated heterocycles. The van der Waals surface area contributed by atoms with Crippen LogP contribution >= 0.6 is 0 Å². The van der Waals surface area contributed by atoms with E-state index >= 15 is 0 Å². The number of amides is 1. The number of rotatable bonds is 1. The maximum Gasteiger partial charge on any atom is 0.244 e. The van der Waals surface area contributed by atoms with Crippen molar-refractivity contribution in [1.29, 1.82) is 0 Å². The second-order valence-electron chi connectivity index (χ2n) is 3.16. The second-order valence-corrected chi connectivity index (χ2v) is 3.16. The first-order chi connectivity index (χ1) is 6.77. The van der Waals surface area contributed by atoms with Crippen LogP contribution in [0.2, 0.25) is 0 Å². The molecule has 1 unspecified atom stereocenters. The number of aliphatic imine (C=N–C) groups is 1. The van der Waals surface area contributed by atoms with Crippen LogP contribution in [-0.2, 0) is 4.79 Å². The number of fused-ring (bicyclic) bond motifs is 1. The van der Waals surface area contributed by atoms with E-state index in [4.69, 9.17) is 5.73 Å². The summed E-state index contributed by atoms with van der Waals surface area (Å²) in [5.74, 6) is -0.401. The average Bonchev–Trinajstić information content (AvgIpc) is 2.39. The first kappa shape index (κ1) is 8.74. The molecule has 4 nitrogen and oxygen atoms in total. The first-order valence-electron chi connectivity index (χ1n) is 4.43. The highest BCUT2D eigenvalue weighted by Gasteiger charge is 2.15. The summed E-state index contributed by atoms with van der Waals surface area (Å²) in [5.41, 5.74) is 7.15. The molecule has 1 aromatic rings. The van der Waals surface area contributed by atoms with E-state index in [2.05, 4.69) is 10.3 Å². The van der Waals surface area contributed by atoms with Crippen molar-refractivity contribution in [3.63, 3.8) is 0 Å². The number of benzene rings is 1. The van der Waals surface area contributed by atoms with Crippen LogP contribution in [0.25, 0.3) is 0 Å². The van der Waals surface area contributed by atoms with E-state index in [0.717, 1.165) is 11.3 Å². The van der Waals surface area contributed by atoms with Gasteiger partial charge in [-0.25, -0.2) is 0 Å². The van der Waals surface area contributed by atoms with Crippen molar-refractivity contribution in [2.45, 2.75) is 6.04 Å². The normalized spacial score (nSPS) is 19.3. The van der Waals surface area contributed by atoms with Gasteiger partial charge < -0.3 is 11.1 Å². The molecule has 72 valence electrons. The summed E-state index contributed by atoms with van der Waals surface area (Å²) < 4.78 is 0. The molecule has 0 fully saturated rings. The fourth-order valence-electron chi connectivity index (χ4n) is 1.37. The van der Waals surface area contributed by atoms with E-state index in [9.17, 15) is 4.79 Å². The molecule has 1 aliphatic heterocycles. The van der Waals surface area contributed by atoms with Crippen LogP contribution in [0.3, 0.4) is 0 Å². The Kier molecular flexibility index (Phi) is 2.18. The van der Waals surface area contributed by atoms with Crippen LogP contribution in [0.5, 0.6) is 0 Å². The third-order valence-electron chi connectivity index (χ3n) is 2.17. The lowest BCUT2D eigenvalue weighted by molar-refractivity contribution is -0.118. The Morgan fingerprint density at radius 1 is 1.50 bits per heavy atom. The van der Waals surface area contributed by atoms with Gasteiger partial charge in [-0.3, -0.25) is 9.79 Å². The minimum atomic E-state index is -0.470. The number of nitrogens with one attached hydrogen (secondary N) is 1. The van der Waals surface area contributed by atoms with Crippen molar-refractivity contribution in [2.75, 3.05) is 11.9 Å². The van der Waals surface area contributed by atoms with E-state index in [0.29, 0.717) is 6.54 Å². The molecule has 1 aliphatic rings. The summed E-state index contributed by atoms with van der Waals surface area (Å²) >= 11 is 0. The molecule has 0 aromatic heterocycles. The van der Waals surface area contributed by atoms with Crippen molar-refractivity contribution in [1.82, 2.24) is 0 Å². The quantitative estimate of drug-likeness (QED) is 0.670. The van der Waals surface area contributed by atoms with Crippen molar-refractivity contribution in [2.24, 2.45) is 10.7 Å². The SMILES string of the molecule is NC(=O)C1CNc2ccccc2C=N1. The Balaban J connectivity index is 2.29. The lowest BCUT2D eigenvalue weighted by Gasteiger charge is -2.08. The smallest absolute Gasteiger partial charge is 0.244 e. The molecule has 0 radical (unpaired) electrons. The number of nitrogens with zero attached hydrogens (tertiary/aromatic N) is 1. The molecular weight excluding hydrogens is 178 g/mol. The highest BCUT2D eigenvalue weighted by atomic mass is 16.1. The van der Waals surface area contributed by atoms with Crippen molar-refractivity contribution in [3.8, 4) is 0 Å². The zero-order valence-corrected chi connectivity index (χ0v) is 7.60. The molecule has 14 heavy (non-hydrogen) atoms. The molecule has 0 spiro atoms. The fraction of sp³-hybridized carbons (Fsp3) is 0.200. The number of benzodiazepines with no additional fused rings is 1. The number of nitrogens with two attached hydrogens (primary N) is 1. The molecule has 1 atom stereocenters. The van der Waals surface area contributed by atoms with Crippen molar-refractivity contribution in [3.05, 3.63) is 29.8 Å². The number of hydrogen-bond acceptors (Lipinski definition) is 3. The maximum absolute atomic E-state index is 10.9. The van der Waals surface area contributed by atoms with Crippen LogP contribution in [0.15, 0.2) is 29.3 Å². The highest BCUT2D eigenvalue weighted by molar-refractivity contribution is 5.92. The molecule has 0 aliphatic carbocycles. The third-order valence-corrected chi connectivity index (χ3v) is 2.17. The van der Waals surface area contributed by atoms with Gasteiger partial charge in [0, 0.05) is 24.0 Å². The van der Waals surface area contributed by atoms with Gasteiger partial charge in [-0.05, 0) is 6.07 Å². The summed E-state index contributed by atoms with van der Waals surface area (Å²) in [6, 6.07) is 7.28. The molecular formula is C10H11N3O. The third kappa shape index (κ3) is 1.59. The molecule has 1 aromatic carbocycles. The van der Waals surface area contributed by atoms with E-state index in [-0.39, 0.29) is 0 Å². The number of carbonyl (C=O) groups excluding carboxylic acids is 1. The second kappa shape index (κ2) is 3.49. The summed E-state index contributed by atoms with van der Waals surface area (Å²) in [6.07, 6.45) is 1.69. The van der Waals surface area contributed by atoms with Gasteiger partial charge in [-0.2, -0.15) is 0 Å². The Morgan fingerprint density at radius 3 is 3.07 bits per heavy atom. The van der Waals surface area contributed by atoms with Crippen LogP contribution in [-0.4, -0.2) is 24.7 Å². The largest absolute Gasteiger partial charge is 0.382 e. The minimum absolute atomic E-state index is 0.401. The Bertz CT molecular complexity index is 387. The van der Waals surface area contributed by atoms with Gasteiger partial charge in [-0.15, -0.1) is 0 Å². The first-order valence-corrected chi connectivity index (χ1v) is 4.43. The number of carbonyl (C=O) groups is 1. The molecule has 0 bridgehead atoms. The van der Waals surface area contributed by atoms with Crippen molar-refractivity contribution >= 4 is 17.8 Å². The summed E-state index contributed by atoms with van der Waals surface area (Å²) in [5, 5.41) is 3.13. The zero-order valence-electron chi connectivity index (χ0n) is 7.60. The van der Waals surface area contributed by atoms with Gasteiger partial charge in [0.25, 0.3) is 0 Å². The zero-order chi connectivity index (χ0) is 9.97. The summed E-state index contributed by atoms with van der Waals surface area (Å²) in [6.45, 7) is 0.461. The van der Waals surface area contributed by atoms with Crippen LogP contribution in [0.4, 0.5) is 5.69 Å². The van der Waals surface area contributed by atoms with Crippen molar-refractivity contribution < 1.29 is 4.79 Å². The monoisotopic (exact) mass is 189 g/mol. The Labute approximate surface area is 81.8 Å². The van der Waals surface area contributed by atoms with E-state index in [1.807, 2.05) is 24.3 Å². The van der Waals surface area contributed by atoms with Gasteiger partial charge in [0.05, 0.1) is 0 Å². The number of hydrogen-bond donors (Lipinski definition) is 2. The standard InChI is InChI=1S/C10H11N3O/c11-10(14)9-6-13-8-4-2-1-3-7(8)5-12-9/h1-5,9,13H,6H2,(H2,11,14). The van der Waals surface area contributed by atoms with Gasteiger partial charge in [0.15, 0.2) is 0 Å². The molecule has 0 saturated carbocycles.